The van der Waals surface area contributed by atoms with Crippen molar-refractivity contribution in [2.24, 2.45) is 0 Å². The summed E-state index contributed by atoms with van der Waals surface area (Å²) >= 11 is 1.07. The minimum absolute atomic E-state index is 0.148. The molecule has 0 N–H and O–H groups in total. The Kier molecular flexibility index (Phi) is 3.89. The molecule has 2 nitrogen and oxygen atoms in total. The molecule has 0 radical (unpaired) electrons. The maximum Gasteiger partial charge on any atom is 0.260 e. The standard InChI is InChI=1S/C11H12O2S/c1-8(2)14-11(13)10(12)9-6-4-3-5-7-9/h3-8H,1-2H3. The summed E-state index contributed by atoms with van der Waals surface area (Å²) in [6, 6.07) is 8.63. The fraction of sp³-hybridized carbons (Fsp3) is 0.273. The van der Waals surface area contributed by atoms with Crippen LogP contribution in [0.3, 0.4) is 0 Å². The van der Waals surface area contributed by atoms with Crippen molar-refractivity contribution in [2.45, 2.75) is 19.1 Å². The number of ketones is 1. The van der Waals surface area contributed by atoms with Gasteiger partial charge < -0.3 is 0 Å². The van der Waals surface area contributed by atoms with Gasteiger partial charge in [-0.05, 0) is 0 Å². The van der Waals surface area contributed by atoms with Gasteiger partial charge in [-0.15, -0.1) is 0 Å². The Morgan fingerprint density at radius 3 is 2.21 bits per heavy atom. The number of thioether (sulfide) groups is 1. The summed E-state index contributed by atoms with van der Waals surface area (Å²) in [6.45, 7) is 3.78. The maximum absolute atomic E-state index is 11.5. The molecule has 1 rings (SSSR count). The first-order valence-electron chi connectivity index (χ1n) is 4.41. The molecule has 0 atom stereocenters. The van der Waals surface area contributed by atoms with Gasteiger partial charge in [0.05, 0.1) is 0 Å². The first-order chi connectivity index (χ1) is 6.61. The molecule has 0 fully saturated rings. The van der Waals surface area contributed by atoms with Crippen LogP contribution in [0.5, 0.6) is 0 Å². The molecule has 0 amide bonds. The molecule has 0 spiro atoms. The lowest BCUT2D eigenvalue weighted by molar-refractivity contribution is -0.107. The SMILES string of the molecule is CC(C)SC(=O)C(=O)c1ccccc1. The molecule has 0 saturated carbocycles. The topological polar surface area (TPSA) is 34.1 Å². The summed E-state index contributed by atoms with van der Waals surface area (Å²) in [5, 5.41) is -0.235. The second-order valence-electron chi connectivity index (χ2n) is 3.15. The third-order valence-electron chi connectivity index (χ3n) is 1.56. The fourth-order valence-corrected chi connectivity index (χ4v) is 1.63. The van der Waals surface area contributed by atoms with Crippen molar-refractivity contribution in [1.82, 2.24) is 0 Å². The van der Waals surface area contributed by atoms with E-state index in [4.69, 9.17) is 0 Å². The van der Waals surface area contributed by atoms with Crippen molar-refractivity contribution >= 4 is 22.7 Å². The number of carbonyl (C=O) groups is 2. The molecular weight excluding hydrogens is 196 g/mol. The van der Waals surface area contributed by atoms with Crippen molar-refractivity contribution in [3.8, 4) is 0 Å². The summed E-state index contributed by atoms with van der Waals surface area (Å²) in [4.78, 5) is 22.9. The summed E-state index contributed by atoms with van der Waals surface area (Å²) in [5.74, 6) is -0.413. The summed E-state index contributed by atoms with van der Waals surface area (Å²) in [6.07, 6.45) is 0. The number of Topliss-reactive ketones (excluding diaryl/α,β-unsaturated/α-hetero) is 1. The first kappa shape index (κ1) is 11.0. The molecule has 0 saturated heterocycles. The van der Waals surface area contributed by atoms with Crippen molar-refractivity contribution in [3.63, 3.8) is 0 Å². The second kappa shape index (κ2) is 4.96. The van der Waals surface area contributed by atoms with E-state index in [1.165, 1.54) is 0 Å². The van der Waals surface area contributed by atoms with Gasteiger partial charge in [0.15, 0.2) is 0 Å². The molecule has 1 aromatic rings. The number of hydrogen-bond acceptors (Lipinski definition) is 3. The highest BCUT2D eigenvalue weighted by atomic mass is 32.2. The van der Waals surface area contributed by atoms with E-state index in [1.807, 2.05) is 19.9 Å². The van der Waals surface area contributed by atoms with Crippen LogP contribution in [0.1, 0.15) is 24.2 Å². The number of hydrogen-bond donors (Lipinski definition) is 0. The Labute approximate surface area is 87.7 Å². The van der Waals surface area contributed by atoms with Gasteiger partial charge in [0, 0.05) is 10.8 Å². The van der Waals surface area contributed by atoms with Crippen LogP contribution in [0.2, 0.25) is 0 Å². The molecule has 14 heavy (non-hydrogen) atoms. The highest BCUT2D eigenvalue weighted by Gasteiger charge is 2.17. The van der Waals surface area contributed by atoms with Gasteiger partial charge >= 0.3 is 0 Å². The summed E-state index contributed by atoms with van der Waals surface area (Å²) < 4.78 is 0. The lowest BCUT2D eigenvalue weighted by Crippen LogP contribution is -2.12. The van der Waals surface area contributed by atoms with Crippen LogP contribution in [-0.2, 0) is 4.79 Å². The Morgan fingerprint density at radius 1 is 1.14 bits per heavy atom. The molecule has 0 aliphatic carbocycles. The Hall–Kier alpha value is -1.09. The fourth-order valence-electron chi connectivity index (χ4n) is 0.975. The van der Waals surface area contributed by atoms with Crippen molar-refractivity contribution < 1.29 is 9.59 Å². The lowest BCUT2D eigenvalue weighted by atomic mass is 10.1. The molecule has 0 heterocycles. The van der Waals surface area contributed by atoms with Crippen LogP contribution in [0.25, 0.3) is 0 Å². The van der Waals surface area contributed by atoms with Crippen molar-refractivity contribution in [3.05, 3.63) is 35.9 Å². The summed E-state index contributed by atoms with van der Waals surface area (Å²) in [5.41, 5.74) is 0.464. The van der Waals surface area contributed by atoms with Crippen LogP contribution in [0.4, 0.5) is 0 Å². The molecule has 0 aliphatic rings. The molecule has 0 aromatic heterocycles. The zero-order chi connectivity index (χ0) is 10.6. The maximum atomic E-state index is 11.5. The zero-order valence-electron chi connectivity index (χ0n) is 8.19. The van der Waals surface area contributed by atoms with E-state index in [-0.39, 0.29) is 10.4 Å². The van der Waals surface area contributed by atoms with Gasteiger partial charge in [-0.25, -0.2) is 0 Å². The zero-order valence-corrected chi connectivity index (χ0v) is 9.01. The first-order valence-corrected chi connectivity index (χ1v) is 5.29. The third-order valence-corrected chi connectivity index (χ3v) is 2.43. The van der Waals surface area contributed by atoms with Gasteiger partial charge in [-0.3, -0.25) is 9.59 Å². The van der Waals surface area contributed by atoms with Crippen LogP contribution < -0.4 is 0 Å². The van der Waals surface area contributed by atoms with E-state index in [2.05, 4.69) is 0 Å². The quantitative estimate of drug-likeness (QED) is 0.565. The van der Waals surface area contributed by atoms with E-state index in [0.717, 1.165) is 11.8 Å². The number of carbonyl (C=O) groups excluding carboxylic acids is 2. The highest BCUT2D eigenvalue weighted by molar-refractivity contribution is 8.15. The molecule has 0 unspecified atom stereocenters. The van der Waals surface area contributed by atoms with Crippen LogP contribution in [-0.4, -0.2) is 16.1 Å². The van der Waals surface area contributed by atoms with Crippen LogP contribution >= 0.6 is 11.8 Å². The lowest BCUT2D eigenvalue weighted by Gasteiger charge is -2.02. The van der Waals surface area contributed by atoms with Gasteiger partial charge in [0.2, 0.25) is 5.78 Å². The number of rotatable bonds is 3. The largest absolute Gasteiger partial charge is 0.284 e. The van der Waals surface area contributed by atoms with Crippen molar-refractivity contribution in [2.75, 3.05) is 0 Å². The van der Waals surface area contributed by atoms with Crippen LogP contribution in [0.15, 0.2) is 30.3 Å². The van der Waals surface area contributed by atoms with Gasteiger partial charge in [-0.2, -0.15) is 0 Å². The van der Waals surface area contributed by atoms with Gasteiger partial charge in [0.25, 0.3) is 5.12 Å². The van der Waals surface area contributed by atoms with E-state index in [9.17, 15) is 9.59 Å². The predicted molar refractivity (Wildman–Crippen MR) is 58.5 cm³/mol. The molecule has 74 valence electrons. The average Bonchev–Trinajstić information content (AvgIpc) is 2.17. The molecule has 1 aromatic carbocycles. The van der Waals surface area contributed by atoms with E-state index in [1.54, 1.807) is 24.3 Å². The number of benzene rings is 1. The molecule has 0 bridgehead atoms. The third kappa shape index (κ3) is 3.00. The molecule has 3 heteroatoms. The Bertz CT molecular complexity index is 330. The average molecular weight is 208 g/mol. The Balaban J connectivity index is 2.72. The second-order valence-corrected chi connectivity index (χ2v) is 4.70. The van der Waals surface area contributed by atoms with Gasteiger partial charge in [0.1, 0.15) is 0 Å². The highest BCUT2D eigenvalue weighted by Crippen LogP contribution is 2.14. The summed E-state index contributed by atoms with van der Waals surface area (Å²) in [7, 11) is 0. The molecule has 0 aliphatic heterocycles. The smallest absolute Gasteiger partial charge is 0.260 e. The Morgan fingerprint density at radius 2 is 1.71 bits per heavy atom. The van der Waals surface area contributed by atoms with Crippen molar-refractivity contribution in [1.29, 1.82) is 0 Å². The minimum atomic E-state index is -0.413. The monoisotopic (exact) mass is 208 g/mol. The molecular formula is C11H12O2S. The van der Waals surface area contributed by atoms with E-state index >= 15 is 0 Å². The van der Waals surface area contributed by atoms with E-state index in [0.29, 0.717) is 5.56 Å². The van der Waals surface area contributed by atoms with Crippen LogP contribution in [0, 0.1) is 0 Å². The predicted octanol–water partition coefficient (Wildman–Crippen LogP) is 2.54. The van der Waals surface area contributed by atoms with Gasteiger partial charge in [-0.1, -0.05) is 55.9 Å². The minimum Gasteiger partial charge on any atom is -0.284 e. The van der Waals surface area contributed by atoms with E-state index < -0.39 is 5.78 Å². The normalized spacial score (nSPS) is 10.2.